The summed E-state index contributed by atoms with van der Waals surface area (Å²) in [7, 11) is 0. The minimum Gasteiger partial charge on any atom is -0.399 e. The number of carbonyl (C=O) groups is 1. The van der Waals surface area contributed by atoms with Crippen LogP contribution in [-0.4, -0.2) is 5.91 Å². The topological polar surface area (TPSA) is 55.1 Å². The van der Waals surface area contributed by atoms with E-state index in [0.717, 1.165) is 43.7 Å². The molecule has 3 heteroatoms. The molecule has 1 aromatic rings. The Morgan fingerprint density at radius 3 is 2.71 bits per heavy atom. The van der Waals surface area contributed by atoms with Crippen LogP contribution in [0.4, 0.5) is 5.69 Å². The molecular formula is C18H26N2O. The molecule has 3 nitrogen and oxygen atoms in total. The molecule has 1 unspecified atom stereocenters. The lowest BCUT2D eigenvalue weighted by molar-refractivity contribution is -0.127. The number of fused-ring (bicyclic) bond motifs is 1. The van der Waals surface area contributed by atoms with Gasteiger partial charge in [-0.15, -0.1) is 0 Å². The summed E-state index contributed by atoms with van der Waals surface area (Å²) in [6.07, 6.45) is 7.73. The molecule has 21 heavy (non-hydrogen) atoms. The van der Waals surface area contributed by atoms with Crippen LogP contribution >= 0.6 is 0 Å². The summed E-state index contributed by atoms with van der Waals surface area (Å²) >= 11 is 0. The van der Waals surface area contributed by atoms with Crippen LogP contribution in [0.5, 0.6) is 0 Å². The second kappa shape index (κ2) is 6.08. The fourth-order valence-corrected chi connectivity index (χ4v) is 3.80. The highest BCUT2D eigenvalue weighted by atomic mass is 16.1. The molecular weight excluding hydrogens is 260 g/mol. The molecule has 1 aromatic carbocycles. The van der Waals surface area contributed by atoms with E-state index in [9.17, 15) is 4.79 Å². The van der Waals surface area contributed by atoms with Gasteiger partial charge in [0, 0.05) is 11.6 Å². The van der Waals surface area contributed by atoms with Crippen molar-refractivity contribution in [3.05, 3.63) is 29.3 Å². The van der Waals surface area contributed by atoms with Gasteiger partial charge in [-0.25, -0.2) is 0 Å². The monoisotopic (exact) mass is 286 g/mol. The molecule has 0 saturated heterocycles. The van der Waals surface area contributed by atoms with Crippen LogP contribution in [0.1, 0.15) is 62.6 Å². The highest BCUT2D eigenvalue weighted by Crippen LogP contribution is 2.33. The van der Waals surface area contributed by atoms with Crippen LogP contribution in [0, 0.1) is 11.8 Å². The average Bonchev–Trinajstić information content (AvgIpc) is 2.47. The van der Waals surface area contributed by atoms with Crippen molar-refractivity contribution in [2.75, 3.05) is 5.73 Å². The maximum absolute atomic E-state index is 12.5. The van der Waals surface area contributed by atoms with E-state index in [0.29, 0.717) is 0 Å². The summed E-state index contributed by atoms with van der Waals surface area (Å²) in [6, 6.07) is 6.29. The van der Waals surface area contributed by atoms with Crippen molar-refractivity contribution in [3.8, 4) is 0 Å². The zero-order valence-corrected chi connectivity index (χ0v) is 12.9. The van der Waals surface area contributed by atoms with E-state index in [1.165, 1.54) is 24.0 Å². The zero-order chi connectivity index (χ0) is 14.8. The molecule has 2 aliphatic rings. The van der Waals surface area contributed by atoms with Gasteiger partial charge >= 0.3 is 0 Å². The molecule has 3 rings (SSSR count). The third-order valence-corrected chi connectivity index (χ3v) is 5.18. The Bertz CT molecular complexity index is 518. The highest BCUT2D eigenvalue weighted by molar-refractivity contribution is 5.79. The molecule has 114 valence electrons. The van der Waals surface area contributed by atoms with E-state index in [-0.39, 0.29) is 17.9 Å². The first-order valence-electron chi connectivity index (χ1n) is 8.32. The van der Waals surface area contributed by atoms with Crippen LogP contribution in [0.15, 0.2) is 18.2 Å². The normalized spacial score (nSPS) is 28.7. The lowest BCUT2D eigenvalue weighted by Crippen LogP contribution is -2.37. The zero-order valence-electron chi connectivity index (χ0n) is 12.9. The fraction of sp³-hybridized carbons (Fsp3) is 0.611. The molecule has 2 aliphatic carbocycles. The second-order valence-corrected chi connectivity index (χ2v) is 6.87. The van der Waals surface area contributed by atoms with Crippen molar-refractivity contribution in [2.45, 2.75) is 57.9 Å². The van der Waals surface area contributed by atoms with E-state index >= 15 is 0 Å². The molecule has 3 N–H and O–H groups in total. The molecule has 1 saturated carbocycles. The van der Waals surface area contributed by atoms with Gasteiger partial charge in [0.1, 0.15) is 0 Å². The minimum absolute atomic E-state index is 0.182. The van der Waals surface area contributed by atoms with Crippen LogP contribution in [0.2, 0.25) is 0 Å². The smallest absolute Gasteiger partial charge is 0.223 e. The molecule has 0 bridgehead atoms. The van der Waals surface area contributed by atoms with E-state index in [1.54, 1.807) is 0 Å². The molecule has 0 radical (unpaired) electrons. The van der Waals surface area contributed by atoms with Crippen LogP contribution in [0.3, 0.4) is 0 Å². The van der Waals surface area contributed by atoms with Gasteiger partial charge in [0.15, 0.2) is 0 Å². The summed E-state index contributed by atoms with van der Waals surface area (Å²) in [5.41, 5.74) is 9.27. The lowest BCUT2D eigenvalue weighted by Gasteiger charge is -2.30. The second-order valence-electron chi connectivity index (χ2n) is 6.87. The predicted molar refractivity (Wildman–Crippen MR) is 85.8 cm³/mol. The SMILES string of the molecule is CC1CCC(C(=O)NC2CCCc3cc(N)ccc32)CC1. The van der Waals surface area contributed by atoms with E-state index in [1.807, 2.05) is 6.07 Å². The number of hydrogen-bond donors (Lipinski definition) is 2. The molecule has 0 heterocycles. The van der Waals surface area contributed by atoms with Crippen molar-refractivity contribution < 1.29 is 4.79 Å². The number of aryl methyl sites for hydroxylation is 1. The number of carbonyl (C=O) groups excluding carboxylic acids is 1. The van der Waals surface area contributed by atoms with E-state index in [4.69, 9.17) is 5.73 Å². The van der Waals surface area contributed by atoms with Crippen molar-refractivity contribution in [1.82, 2.24) is 5.32 Å². The third kappa shape index (κ3) is 3.22. The standard InChI is InChI=1S/C18H26N2O/c1-12-5-7-13(8-6-12)18(21)20-17-4-2-3-14-11-15(19)9-10-16(14)17/h9-13,17H,2-8,19H2,1H3,(H,20,21). The van der Waals surface area contributed by atoms with Crippen LogP contribution in [0.25, 0.3) is 0 Å². The van der Waals surface area contributed by atoms with Gasteiger partial charge in [-0.2, -0.15) is 0 Å². The summed E-state index contributed by atoms with van der Waals surface area (Å²) in [4.78, 5) is 12.5. The molecule has 1 amide bonds. The highest BCUT2D eigenvalue weighted by Gasteiger charge is 2.28. The first kappa shape index (κ1) is 14.4. The Kier molecular flexibility index (Phi) is 4.18. The predicted octanol–water partition coefficient (Wildman–Crippen LogP) is 3.59. The molecule has 0 aliphatic heterocycles. The van der Waals surface area contributed by atoms with Gasteiger partial charge in [0.2, 0.25) is 5.91 Å². The van der Waals surface area contributed by atoms with Gasteiger partial charge in [0.05, 0.1) is 6.04 Å². The summed E-state index contributed by atoms with van der Waals surface area (Å²) in [5, 5.41) is 3.30. The number of nitrogen functional groups attached to an aromatic ring is 1. The first-order chi connectivity index (χ1) is 10.1. The van der Waals surface area contributed by atoms with Gasteiger partial charge in [-0.1, -0.05) is 13.0 Å². The van der Waals surface area contributed by atoms with Crippen molar-refractivity contribution in [1.29, 1.82) is 0 Å². The summed E-state index contributed by atoms with van der Waals surface area (Å²) < 4.78 is 0. The Labute approximate surface area is 127 Å². The summed E-state index contributed by atoms with van der Waals surface area (Å²) in [5.74, 6) is 1.27. The quantitative estimate of drug-likeness (QED) is 0.816. The first-order valence-corrected chi connectivity index (χ1v) is 8.32. The Hall–Kier alpha value is -1.51. The van der Waals surface area contributed by atoms with Gasteiger partial charge in [-0.3, -0.25) is 4.79 Å². The maximum atomic E-state index is 12.5. The third-order valence-electron chi connectivity index (χ3n) is 5.18. The van der Waals surface area contributed by atoms with E-state index in [2.05, 4.69) is 24.4 Å². The number of amides is 1. The van der Waals surface area contributed by atoms with Crippen LogP contribution in [-0.2, 0) is 11.2 Å². The van der Waals surface area contributed by atoms with Gasteiger partial charge < -0.3 is 11.1 Å². The average molecular weight is 286 g/mol. The fourth-order valence-electron chi connectivity index (χ4n) is 3.80. The lowest BCUT2D eigenvalue weighted by atomic mass is 9.82. The number of hydrogen-bond acceptors (Lipinski definition) is 2. The molecule has 1 atom stereocenters. The van der Waals surface area contributed by atoms with Crippen molar-refractivity contribution in [3.63, 3.8) is 0 Å². The van der Waals surface area contributed by atoms with Crippen molar-refractivity contribution >= 4 is 11.6 Å². The Morgan fingerprint density at radius 2 is 1.95 bits per heavy atom. The Balaban J connectivity index is 1.67. The number of anilines is 1. The van der Waals surface area contributed by atoms with Crippen molar-refractivity contribution in [2.24, 2.45) is 11.8 Å². The Morgan fingerprint density at radius 1 is 1.19 bits per heavy atom. The van der Waals surface area contributed by atoms with Gasteiger partial charge in [-0.05, 0) is 74.1 Å². The molecule has 1 fully saturated rings. The number of rotatable bonds is 2. The summed E-state index contributed by atoms with van der Waals surface area (Å²) in [6.45, 7) is 2.29. The maximum Gasteiger partial charge on any atom is 0.223 e. The minimum atomic E-state index is 0.182. The number of nitrogens with two attached hydrogens (primary N) is 1. The molecule has 0 aromatic heterocycles. The molecule has 0 spiro atoms. The van der Waals surface area contributed by atoms with Crippen LogP contribution < -0.4 is 11.1 Å². The number of nitrogens with one attached hydrogen (secondary N) is 1. The number of benzene rings is 1. The largest absolute Gasteiger partial charge is 0.399 e. The van der Waals surface area contributed by atoms with Gasteiger partial charge in [0.25, 0.3) is 0 Å². The van der Waals surface area contributed by atoms with E-state index < -0.39 is 0 Å².